The van der Waals surface area contributed by atoms with Crippen LogP contribution >= 0.6 is 0 Å². The number of carboxylic acid groups (broad SMARTS) is 1. The molecule has 0 aliphatic rings. The van der Waals surface area contributed by atoms with E-state index in [1.165, 1.54) is 12.1 Å². The summed E-state index contributed by atoms with van der Waals surface area (Å²) in [6.07, 6.45) is -1.56. The highest BCUT2D eigenvalue weighted by molar-refractivity contribution is 7.77. The first-order chi connectivity index (χ1) is 7.09. The van der Waals surface area contributed by atoms with Gasteiger partial charge in [-0.25, -0.2) is 9.00 Å². The third-order valence-corrected chi connectivity index (χ3v) is 1.84. The molecular weight excluding hydrogens is 222 g/mol. The highest BCUT2D eigenvalue weighted by Gasteiger charge is 2.20. The predicted molar refractivity (Wildman–Crippen MR) is 52.4 cm³/mol. The van der Waals surface area contributed by atoms with Crippen molar-refractivity contribution < 1.29 is 23.4 Å². The summed E-state index contributed by atoms with van der Waals surface area (Å²) in [5, 5.41) is 8.65. The lowest BCUT2D eigenvalue weighted by Crippen LogP contribution is -2.42. The van der Waals surface area contributed by atoms with Crippen LogP contribution in [0, 0.1) is 0 Å². The van der Waals surface area contributed by atoms with E-state index in [1.807, 2.05) is 4.72 Å². The fraction of sp³-hybridized carbons (Fsp3) is 0.125. The van der Waals surface area contributed by atoms with E-state index in [0.29, 0.717) is 5.75 Å². The zero-order valence-corrected chi connectivity index (χ0v) is 8.31. The standard InChI is InChI=1S/C8H9NO5S/c10-8(11)7(9-15(12)13)14-6-4-2-1-3-5-6/h1-5,7,9H,(H,10,11)(H,12,13). The van der Waals surface area contributed by atoms with Crippen molar-refractivity contribution in [3.8, 4) is 5.75 Å². The molecule has 0 saturated heterocycles. The van der Waals surface area contributed by atoms with Gasteiger partial charge in [0.05, 0.1) is 0 Å². The number of hydrogen-bond acceptors (Lipinski definition) is 3. The molecule has 6 nitrogen and oxygen atoms in total. The molecular formula is C8H9NO5S. The number of para-hydroxylation sites is 1. The van der Waals surface area contributed by atoms with Gasteiger partial charge >= 0.3 is 5.97 Å². The fourth-order valence-electron chi connectivity index (χ4n) is 0.852. The first-order valence-corrected chi connectivity index (χ1v) is 5.02. The van der Waals surface area contributed by atoms with Gasteiger partial charge in [-0.15, -0.1) is 0 Å². The summed E-state index contributed by atoms with van der Waals surface area (Å²) in [5.74, 6) is -1.08. The third-order valence-electron chi connectivity index (χ3n) is 1.43. The normalized spacial score (nSPS) is 14.2. The van der Waals surface area contributed by atoms with Crippen LogP contribution in [0.25, 0.3) is 0 Å². The summed E-state index contributed by atoms with van der Waals surface area (Å²) in [6.45, 7) is 0. The Labute approximate surface area is 88.3 Å². The number of hydrogen-bond donors (Lipinski definition) is 3. The summed E-state index contributed by atoms with van der Waals surface area (Å²) in [4.78, 5) is 10.6. The summed E-state index contributed by atoms with van der Waals surface area (Å²) in [6, 6.07) is 8.13. The van der Waals surface area contributed by atoms with Crippen LogP contribution in [0.2, 0.25) is 0 Å². The Kier molecular flexibility index (Phi) is 4.22. The van der Waals surface area contributed by atoms with Crippen molar-refractivity contribution >= 4 is 17.2 Å². The van der Waals surface area contributed by atoms with Crippen molar-refractivity contribution in [2.24, 2.45) is 0 Å². The molecule has 7 heteroatoms. The summed E-state index contributed by atoms with van der Waals surface area (Å²) >= 11 is -2.45. The smallest absolute Gasteiger partial charge is 0.361 e. The fourth-order valence-corrected chi connectivity index (χ4v) is 1.18. The summed E-state index contributed by atoms with van der Waals surface area (Å²) < 4.78 is 25.6. The lowest BCUT2D eigenvalue weighted by Gasteiger charge is -2.13. The van der Waals surface area contributed by atoms with E-state index in [1.54, 1.807) is 18.2 Å². The average molecular weight is 231 g/mol. The molecule has 1 aromatic rings. The van der Waals surface area contributed by atoms with E-state index < -0.39 is 23.5 Å². The van der Waals surface area contributed by atoms with E-state index in [-0.39, 0.29) is 0 Å². The number of ether oxygens (including phenoxy) is 1. The van der Waals surface area contributed by atoms with E-state index in [0.717, 1.165) is 0 Å². The molecule has 0 aromatic heterocycles. The minimum absolute atomic E-state index is 0.294. The molecule has 0 fully saturated rings. The number of aliphatic carboxylic acids is 1. The maximum Gasteiger partial charge on any atom is 0.361 e. The molecule has 1 rings (SSSR count). The van der Waals surface area contributed by atoms with Crippen molar-refractivity contribution in [1.29, 1.82) is 0 Å². The van der Waals surface area contributed by atoms with Crippen molar-refractivity contribution in [3.05, 3.63) is 30.3 Å². The molecule has 0 spiro atoms. The highest BCUT2D eigenvalue weighted by Crippen LogP contribution is 2.10. The van der Waals surface area contributed by atoms with E-state index in [4.69, 9.17) is 14.4 Å². The Bertz CT molecular complexity index is 355. The second-order valence-electron chi connectivity index (χ2n) is 2.52. The number of carboxylic acids is 1. The van der Waals surface area contributed by atoms with Crippen molar-refractivity contribution in [3.63, 3.8) is 0 Å². The Hall–Kier alpha value is -1.44. The summed E-state index contributed by atoms with van der Waals surface area (Å²) in [7, 11) is 0. The van der Waals surface area contributed by atoms with Gasteiger partial charge < -0.3 is 9.84 Å². The molecule has 0 aliphatic carbocycles. The molecule has 82 valence electrons. The highest BCUT2D eigenvalue weighted by atomic mass is 32.2. The molecule has 0 radical (unpaired) electrons. The number of benzene rings is 1. The van der Waals surface area contributed by atoms with Crippen LogP contribution in [0.1, 0.15) is 0 Å². The van der Waals surface area contributed by atoms with Gasteiger partial charge in [-0.2, -0.15) is 4.72 Å². The minimum Gasteiger partial charge on any atom is -0.477 e. The van der Waals surface area contributed by atoms with Crippen LogP contribution in [-0.4, -0.2) is 26.1 Å². The molecule has 3 N–H and O–H groups in total. The molecule has 0 aliphatic heterocycles. The molecule has 0 bridgehead atoms. The van der Waals surface area contributed by atoms with Gasteiger partial charge in [-0.3, -0.25) is 4.55 Å². The van der Waals surface area contributed by atoms with Crippen LogP contribution in [0.4, 0.5) is 0 Å². The van der Waals surface area contributed by atoms with Crippen LogP contribution < -0.4 is 9.46 Å². The molecule has 0 heterocycles. The largest absolute Gasteiger partial charge is 0.477 e. The van der Waals surface area contributed by atoms with E-state index in [9.17, 15) is 9.00 Å². The van der Waals surface area contributed by atoms with Crippen LogP contribution in [0.5, 0.6) is 5.75 Å². The summed E-state index contributed by atoms with van der Waals surface area (Å²) in [5.41, 5.74) is 0. The van der Waals surface area contributed by atoms with E-state index in [2.05, 4.69) is 0 Å². The first-order valence-electron chi connectivity index (χ1n) is 3.91. The van der Waals surface area contributed by atoms with Crippen LogP contribution in [-0.2, 0) is 16.1 Å². The molecule has 15 heavy (non-hydrogen) atoms. The minimum atomic E-state index is -2.45. The number of rotatable bonds is 5. The Balaban J connectivity index is 2.67. The topological polar surface area (TPSA) is 95.9 Å². The van der Waals surface area contributed by atoms with Gasteiger partial charge in [0.25, 0.3) is 6.23 Å². The third kappa shape index (κ3) is 4.07. The predicted octanol–water partition coefficient (Wildman–Crippen LogP) is 0.202. The maximum absolute atomic E-state index is 10.6. The molecule has 0 amide bonds. The second kappa shape index (κ2) is 5.44. The Morgan fingerprint density at radius 2 is 2.00 bits per heavy atom. The lowest BCUT2D eigenvalue weighted by atomic mass is 10.3. The van der Waals surface area contributed by atoms with Crippen LogP contribution in [0.15, 0.2) is 30.3 Å². The number of carbonyl (C=O) groups is 1. The van der Waals surface area contributed by atoms with E-state index >= 15 is 0 Å². The zero-order valence-electron chi connectivity index (χ0n) is 7.49. The monoisotopic (exact) mass is 231 g/mol. The Morgan fingerprint density at radius 3 is 2.47 bits per heavy atom. The maximum atomic E-state index is 10.6. The quantitative estimate of drug-likeness (QED) is 0.497. The lowest BCUT2D eigenvalue weighted by molar-refractivity contribution is -0.145. The SMILES string of the molecule is O=C(O)C(NS(=O)O)Oc1ccccc1. The first kappa shape index (κ1) is 11.6. The number of nitrogens with one attached hydrogen (secondary N) is 1. The molecule has 1 aromatic carbocycles. The van der Waals surface area contributed by atoms with Gasteiger partial charge in [0.2, 0.25) is 11.3 Å². The second-order valence-corrected chi connectivity index (χ2v) is 3.25. The molecule has 2 atom stereocenters. The molecule has 0 saturated carbocycles. The van der Waals surface area contributed by atoms with Gasteiger partial charge in [0, 0.05) is 0 Å². The Morgan fingerprint density at radius 1 is 1.40 bits per heavy atom. The van der Waals surface area contributed by atoms with Crippen molar-refractivity contribution in [2.45, 2.75) is 6.23 Å². The van der Waals surface area contributed by atoms with Crippen molar-refractivity contribution in [2.75, 3.05) is 0 Å². The zero-order chi connectivity index (χ0) is 11.3. The van der Waals surface area contributed by atoms with Gasteiger partial charge in [0.15, 0.2) is 0 Å². The van der Waals surface area contributed by atoms with Crippen LogP contribution in [0.3, 0.4) is 0 Å². The average Bonchev–Trinajstić information content (AvgIpc) is 2.17. The molecule has 2 unspecified atom stereocenters. The van der Waals surface area contributed by atoms with Crippen molar-refractivity contribution in [1.82, 2.24) is 4.72 Å². The van der Waals surface area contributed by atoms with Gasteiger partial charge in [-0.05, 0) is 12.1 Å². The van der Waals surface area contributed by atoms with Gasteiger partial charge in [-0.1, -0.05) is 18.2 Å². The van der Waals surface area contributed by atoms with Gasteiger partial charge in [0.1, 0.15) is 5.75 Å².